The Morgan fingerprint density at radius 1 is 1.41 bits per heavy atom. The maximum Gasteiger partial charge on any atom is 0.408 e. The van der Waals surface area contributed by atoms with Crippen molar-refractivity contribution in [3.8, 4) is 0 Å². The molecule has 0 radical (unpaired) electrons. The van der Waals surface area contributed by atoms with Crippen molar-refractivity contribution >= 4 is 29.1 Å². The molecule has 0 spiro atoms. The number of nitrogens with zero attached hydrogens (tertiary/aromatic N) is 4. The number of nitro groups is 1. The Kier molecular flexibility index (Phi) is 3.25. The van der Waals surface area contributed by atoms with Crippen molar-refractivity contribution in [1.29, 1.82) is 0 Å². The smallest absolute Gasteiger partial charge is 0.378 e. The maximum absolute atomic E-state index is 10.6. The number of hydrogen-bond donors (Lipinski definition) is 1. The van der Waals surface area contributed by atoms with E-state index in [1.54, 1.807) is 0 Å². The van der Waals surface area contributed by atoms with Gasteiger partial charge in [0.2, 0.25) is 5.82 Å². The van der Waals surface area contributed by atoms with Gasteiger partial charge in [-0.2, -0.15) is 0 Å². The molecular formula is C8H10ClN5O3. The minimum Gasteiger partial charge on any atom is -0.378 e. The van der Waals surface area contributed by atoms with E-state index in [1.807, 2.05) is 4.90 Å². The number of halogens is 1. The predicted molar refractivity (Wildman–Crippen MR) is 61.1 cm³/mol. The molecule has 1 saturated heterocycles. The lowest BCUT2D eigenvalue weighted by atomic mass is 10.4. The van der Waals surface area contributed by atoms with E-state index in [0.29, 0.717) is 32.1 Å². The Labute approximate surface area is 101 Å². The molecule has 92 valence electrons. The summed E-state index contributed by atoms with van der Waals surface area (Å²) in [6, 6.07) is 0. The van der Waals surface area contributed by atoms with Gasteiger partial charge in [-0.05, 0) is 21.5 Å². The van der Waals surface area contributed by atoms with Crippen LogP contribution in [0.25, 0.3) is 0 Å². The van der Waals surface area contributed by atoms with E-state index in [4.69, 9.17) is 22.1 Å². The highest BCUT2D eigenvalue weighted by atomic mass is 35.5. The molecule has 2 heterocycles. The Bertz CT molecular complexity index is 449. The van der Waals surface area contributed by atoms with Crippen LogP contribution >= 0.6 is 11.6 Å². The van der Waals surface area contributed by atoms with Crippen molar-refractivity contribution in [2.75, 3.05) is 36.9 Å². The molecule has 1 aliphatic rings. The number of rotatable bonds is 2. The summed E-state index contributed by atoms with van der Waals surface area (Å²) in [5.74, 6) is -0.397. The average molecular weight is 260 g/mol. The van der Waals surface area contributed by atoms with Gasteiger partial charge in [0.15, 0.2) is 5.82 Å². The number of morpholine rings is 1. The monoisotopic (exact) mass is 259 g/mol. The Morgan fingerprint density at radius 3 is 2.65 bits per heavy atom. The summed E-state index contributed by atoms with van der Waals surface area (Å²) in [5, 5.41) is 10.6. The van der Waals surface area contributed by atoms with Gasteiger partial charge in [-0.15, -0.1) is 0 Å². The quantitative estimate of drug-likeness (QED) is 0.607. The second kappa shape index (κ2) is 4.68. The van der Waals surface area contributed by atoms with E-state index >= 15 is 0 Å². The van der Waals surface area contributed by atoms with Crippen molar-refractivity contribution in [3.05, 3.63) is 15.3 Å². The molecule has 8 nitrogen and oxygen atoms in total. The largest absolute Gasteiger partial charge is 0.408 e. The fraction of sp³-hybridized carbons (Fsp3) is 0.500. The first-order valence-electron chi connectivity index (χ1n) is 4.89. The van der Waals surface area contributed by atoms with Crippen LogP contribution in [-0.4, -0.2) is 41.2 Å². The topological polar surface area (TPSA) is 107 Å². The first kappa shape index (κ1) is 11.8. The van der Waals surface area contributed by atoms with Crippen LogP contribution in [0.2, 0.25) is 5.15 Å². The van der Waals surface area contributed by atoms with E-state index in [1.165, 1.54) is 0 Å². The summed E-state index contributed by atoms with van der Waals surface area (Å²) in [7, 11) is 0. The first-order chi connectivity index (χ1) is 8.09. The third-order valence-corrected chi connectivity index (χ3v) is 2.58. The Morgan fingerprint density at radius 2 is 2.06 bits per heavy atom. The van der Waals surface area contributed by atoms with Gasteiger partial charge in [-0.25, -0.2) is 4.98 Å². The second-order valence-corrected chi connectivity index (χ2v) is 3.76. The zero-order chi connectivity index (χ0) is 12.4. The van der Waals surface area contributed by atoms with E-state index in [2.05, 4.69) is 9.97 Å². The van der Waals surface area contributed by atoms with Crippen molar-refractivity contribution in [1.82, 2.24) is 9.97 Å². The minimum atomic E-state index is -0.711. The van der Waals surface area contributed by atoms with Crippen LogP contribution < -0.4 is 10.6 Å². The molecule has 0 bridgehead atoms. The van der Waals surface area contributed by atoms with Crippen LogP contribution in [0.5, 0.6) is 0 Å². The summed E-state index contributed by atoms with van der Waals surface area (Å²) in [4.78, 5) is 19.3. The van der Waals surface area contributed by atoms with E-state index in [-0.39, 0.29) is 11.0 Å². The van der Waals surface area contributed by atoms with Gasteiger partial charge in [-0.3, -0.25) is 0 Å². The first-order valence-corrected chi connectivity index (χ1v) is 5.27. The fourth-order valence-electron chi connectivity index (χ4n) is 1.52. The van der Waals surface area contributed by atoms with Gasteiger partial charge in [0.25, 0.3) is 5.15 Å². The second-order valence-electron chi connectivity index (χ2n) is 3.40. The highest BCUT2D eigenvalue weighted by Crippen LogP contribution is 2.28. The molecule has 17 heavy (non-hydrogen) atoms. The zero-order valence-corrected chi connectivity index (χ0v) is 9.55. The molecule has 0 unspecified atom stereocenters. The predicted octanol–water partition coefficient (Wildman–Crippen LogP) is 0.457. The molecule has 0 atom stereocenters. The summed E-state index contributed by atoms with van der Waals surface area (Å²) >= 11 is 5.86. The number of ether oxygens (including phenoxy) is 1. The highest BCUT2D eigenvalue weighted by molar-refractivity contribution is 6.31. The molecule has 1 aromatic heterocycles. The van der Waals surface area contributed by atoms with Gasteiger partial charge in [0, 0.05) is 13.1 Å². The van der Waals surface area contributed by atoms with Crippen LogP contribution in [0.1, 0.15) is 0 Å². The molecule has 0 saturated carbocycles. The molecule has 2 N–H and O–H groups in total. The van der Waals surface area contributed by atoms with Gasteiger partial charge in [0.05, 0.1) is 13.2 Å². The van der Waals surface area contributed by atoms with Gasteiger partial charge < -0.3 is 25.5 Å². The van der Waals surface area contributed by atoms with Gasteiger partial charge in [0.1, 0.15) is 0 Å². The summed E-state index contributed by atoms with van der Waals surface area (Å²) in [5.41, 5.74) is 5.47. The Balaban J connectivity index is 2.35. The molecule has 9 heteroatoms. The zero-order valence-electron chi connectivity index (χ0n) is 8.80. The SMILES string of the molecule is Nc1nc(N2CCOCC2)c(Cl)nc1[N+](=O)[O-]. The van der Waals surface area contributed by atoms with Crippen LogP contribution in [0, 0.1) is 10.1 Å². The van der Waals surface area contributed by atoms with Crippen LogP contribution in [0.3, 0.4) is 0 Å². The molecular weight excluding hydrogens is 250 g/mol. The fourth-order valence-corrected chi connectivity index (χ4v) is 1.76. The third kappa shape index (κ3) is 2.37. The summed E-state index contributed by atoms with van der Waals surface area (Å²) in [6.07, 6.45) is 0. The van der Waals surface area contributed by atoms with E-state index in [9.17, 15) is 10.1 Å². The molecule has 1 fully saturated rings. The molecule has 1 aromatic rings. The molecule has 1 aliphatic heterocycles. The molecule has 0 aliphatic carbocycles. The standard InChI is InChI=1S/C8H10ClN5O3/c9-5-7(13-1-3-17-4-2-13)12-6(10)8(11-5)14(15)16/h1-4H2,(H2,10,12). The normalized spacial score (nSPS) is 15.9. The van der Waals surface area contributed by atoms with E-state index in [0.717, 1.165) is 0 Å². The number of nitrogen functional groups attached to an aromatic ring is 1. The number of anilines is 2. The van der Waals surface area contributed by atoms with Crippen molar-refractivity contribution in [2.24, 2.45) is 0 Å². The Hall–Kier alpha value is -1.67. The summed E-state index contributed by atoms with van der Waals surface area (Å²) < 4.78 is 5.18. The lowest BCUT2D eigenvalue weighted by molar-refractivity contribution is -0.388. The van der Waals surface area contributed by atoms with Crippen molar-refractivity contribution in [2.45, 2.75) is 0 Å². The molecule has 2 rings (SSSR count). The lowest BCUT2D eigenvalue weighted by Gasteiger charge is -2.27. The van der Waals surface area contributed by atoms with Gasteiger partial charge in [-0.1, -0.05) is 0 Å². The molecule has 0 aromatic carbocycles. The number of aromatic nitrogens is 2. The van der Waals surface area contributed by atoms with Crippen molar-refractivity contribution < 1.29 is 9.66 Å². The van der Waals surface area contributed by atoms with Crippen LogP contribution in [-0.2, 0) is 4.74 Å². The number of nitrogens with two attached hydrogens (primary N) is 1. The summed E-state index contributed by atoms with van der Waals surface area (Å²) in [6.45, 7) is 2.31. The van der Waals surface area contributed by atoms with Gasteiger partial charge >= 0.3 is 5.82 Å². The van der Waals surface area contributed by atoms with Crippen LogP contribution in [0.15, 0.2) is 0 Å². The maximum atomic E-state index is 10.6. The third-order valence-electron chi connectivity index (χ3n) is 2.33. The lowest BCUT2D eigenvalue weighted by Crippen LogP contribution is -2.37. The van der Waals surface area contributed by atoms with Crippen LogP contribution in [0.4, 0.5) is 17.5 Å². The molecule has 0 amide bonds. The minimum absolute atomic E-state index is 0.0206. The number of hydrogen-bond acceptors (Lipinski definition) is 7. The highest BCUT2D eigenvalue weighted by Gasteiger charge is 2.25. The van der Waals surface area contributed by atoms with E-state index < -0.39 is 10.7 Å². The average Bonchev–Trinajstić information content (AvgIpc) is 2.32. The van der Waals surface area contributed by atoms with Crippen molar-refractivity contribution in [3.63, 3.8) is 0 Å².